The van der Waals surface area contributed by atoms with Gasteiger partial charge in [0.05, 0.1) is 12.7 Å². The van der Waals surface area contributed by atoms with Crippen LogP contribution in [0.3, 0.4) is 0 Å². The van der Waals surface area contributed by atoms with E-state index in [1.165, 1.54) is 0 Å². The SMILES string of the molecule is CCOC(CCCC(O)CO)OCC. The second kappa shape index (κ2) is 9.40. The van der Waals surface area contributed by atoms with Gasteiger partial charge in [0.1, 0.15) is 0 Å². The molecule has 0 bridgehead atoms. The molecule has 0 fully saturated rings. The molecular formula is C10H22O4. The second-order valence-electron chi connectivity index (χ2n) is 3.11. The number of aliphatic hydroxyl groups excluding tert-OH is 2. The summed E-state index contributed by atoms with van der Waals surface area (Å²) in [5.41, 5.74) is 0. The molecule has 0 aromatic rings. The van der Waals surface area contributed by atoms with Crippen molar-refractivity contribution in [3.05, 3.63) is 0 Å². The Morgan fingerprint density at radius 2 is 1.64 bits per heavy atom. The number of hydrogen-bond acceptors (Lipinski definition) is 4. The van der Waals surface area contributed by atoms with E-state index in [1.54, 1.807) is 0 Å². The average Bonchev–Trinajstić information content (AvgIpc) is 2.18. The first-order chi connectivity index (χ1) is 6.74. The third-order valence-corrected chi connectivity index (χ3v) is 1.89. The van der Waals surface area contributed by atoms with Crippen molar-refractivity contribution in [2.24, 2.45) is 0 Å². The van der Waals surface area contributed by atoms with Gasteiger partial charge in [-0.15, -0.1) is 0 Å². The van der Waals surface area contributed by atoms with Crippen molar-refractivity contribution in [1.29, 1.82) is 0 Å². The molecule has 0 heterocycles. The van der Waals surface area contributed by atoms with Crippen LogP contribution in [0, 0.1) is 0 Å². The van der Waals surface area contributed by atoms with E-state index in [9.17, 15) is 0 Å². The van der Waals surface area contributed by atoms with Gasteiger partial charge in [0.25, 0.3) is 0 Å². The third-order valence-electron chi connectivity index (χ3n) is 1.89. The van der Waals surface area contributed by atoms with Crippen molar-refractivity contribution in [1.82, 2.24) is 0 Å². The van der Waals surface area contributed by atoms with Crippen LogP contribution in [-0.2, 0) is 9.47 Å². The maximum Gasteiger partial charge on any atom is 0.157 e. The van der Waals surface area contributed by atoms with Gasteiger partial charge in [0.15, 0.2) is 6.29 Å². The molecule has 0 saturated heterocycles. The molecule has 0 amide bonds. The van der Waals surface area contributed by atoms with Gasteiger partial charge in [-0.05, 0) is 33.1 Å². The van der Waals surface area contributed by atoms with Crippen LogP contribution < -0.4 is 0 Å². The molecule has 0 aliphatic heterocycles. The second-order valence-corrected chi connectivity index (χ2v) is 3.11. The summed E-state index contributed by atoms with van der Waals surface area (Å²) in [5.74, 6) is 0. The summed E-state index contributed by atoms with van der Waals surface area (Å²) in [7, 11) is 0. The number of rotatable bonds is 9. The standard InChI is InChI=1S/C10H22O4/c1-3-13-10(14-4-2)7-5-6-9(12)8-11/h9-12H,3-8H2,1-2H3. The van der Waals surface area contributed by atoms with Crippen LogP contribution in [0.25, 0.3) is 0 Å². The van der Waals surface area contributed by atoms with Gasteiger partial charge in [0, 0.05) is 13.2 Å². The Kier molecular flexibility index (Phi) is 9.29. The highest BCUT2D eigenvalue weighted by Crippen LogP contribution is 2.08. The molecule has 2 N–H and O–H groups in total. The van der Waals surface area contributed by atoms with Gasteiger partial charge in [-0.2, -0.15) is 0 Å². The normalized spacial score (nSPS) is 13.5. The molecule has 1 unspecified atom stereocenters. The van der Waals surface area contributed by atoms with Crippen LogP contribution in [0.15, 0.2) is 0 Å². The minimum absolute atomic E-state index is 0.170. The zero-order valence-electron chi connectivity index (χ0n) is 9.11. The fourth-order valence-electron chi connectivity index (χ4n) is 1.20. The van der Waals surface area contributed by atoms with Gasteiger partial charge >= 0.3 is 0 Å². The van der Waals surface area contributed by atoms with Crippen molar-refractivity contribution in [2.45, 2.75) is 45.5 Å². The highest BCUT2D eigenvalue weighted by atomic mass is 16.7. The molecule has 0 saturated carbocycles. The van der Waals surface area contributed by atoms with Gasteiger partial charge in [-0.1, -0.05) is 0 Å². The van der Waals surface area contributed by atoms with Crippen LogP contribution in [0.1, 0.15) is 33.1 Å². The van der Waals surface area contributed by atoms with E-state index in [2.05, 4.69) is 0 Å². The zero-order valence-corrected chi connectivity index (χ0v) is 9.11. The molecule has 4 heteroatoms. The van der Waals surface area contributed by atoms with E-state index >= 15 is 0 Å². The Morgan fingerprint density at radius 1 is 1.07 bits per heavy atom. The molecule has 4 nitrogen and oxygen atoms in total. The fourth-order valence-corrected chi connectivity index (χ4v) is 1.20. The topological polar surface area (TPSA) is 58.9 Å². The Morgan fingerprint density at radius 3 is 2.07 bits per heavy atom. The van der Waals surface area contributed by atoms with E-state index in [0.717, 1.165) is 12.8 Å². The first-order valence-electron chi connectivity index (χ1n) is 5.26. The summed E-state index contributed by atoms with van der Waals surface area (Å²) in [5, 5.41) is 17.7. The Balaban J connectivity index is 3.49. The molecule has 1 atom stereocenters. The zero-order chi connectivity index (χ0) is 10.8. The van der Waals surface area contributed by atoms with E-state index in [4.69, 9.17) is 19.7 Å². The van der Waals surface area contributed by atoms with E-state index in [0.29, 0.717) is 19.6 Å². The summed E-state index contributed by atoms with van der Waals surface area (Å²) >= 11 is 0. The molecule has 0 aliphatic carbocycles. The largest absolute Gasteiger partial charge is 0.394 e. The Hall–Kier alpha value is -0.160. The molecule has 0 rings (SSSR count). The molecule has 14 heavy (non-hydrogen) atoms. The fraction of sp³-hybridized carbons (Fsp3) is 1.00. The van der Waals surface area contributed by atoms with E-state index in [-0.39, 0.29) is 12.9 Å². The van der Waals surface area contributed by atoms with Crippen molar-refractivity contribution in [3.8, 4) is 0 Å². The molecular weight excluding hydrogens is 184 g/mol. The van der Waals surface area contributed by atoms with Crippen LogP contribution in [0.2, 0.25) is 0 Å². The number of ether oxygens (including phenoxy) is 2. The Bertz CT molecular complexity index is 113. The van der Waals surface area contributed by atoms with Crippen molar-refractivity contribution in [3.63, 3.8) is 0 Å². The molecule has 0 aromatic heterocycles. The lowest BCUT2D eigenvalue weighted by molar-refractivity contribution is -0.140. The number of hydrogen-bond donors (Lipinski definition) is 2. The molecule has 86 valence electrons. The van der Waals surface area contributed by atoms with Gasteiger partial charge < -0.3 is 19.7 Å². The lowest BCUT2D eigenvalue weighted by Gasteiger charge is -2.17. The van der Waals surface area contributed by atoms with E-state index < -0.39 is 6.10 Å². The van der Waals surface area contributed by atoms with Crippen LogP contribution >= 0.6 is 0 Å². The summed E-state index contributed by atoms with van der Waals surface area (Å²) in [6.07, 6.45) is 1.37. The van der Waals surface area contributed by atoms with Crippen molar-refractivity contribution in [2.75, 3.05) is 19.8 Å². The highest BCUT2D eigenvalue weighted by molar-refractivity contribution is 4.54. The average molecular weight is 206 g/mol. The summed E-state index contributed by atoms with van der Waals surface area (Å²) in [6.45, 7) is 4.94. The quantitative estimate of drug-likeness (QED) is 0.550. The van der Waals surface area contributed by atoms with Crippen molar-refractivity contribution >= 4 is 0 Å². The summed E-state index contributed by atoms with van der Waals surface area (Å²) in [6, 6.07) is 0. The lowest BCUT2D eigenvalue weighted by Crippen LogP contribution is -2.19. The lowest BCUT2D eigenvalue weighted by atomic mass is 10.1. The molecule has 0 spiro atoms. The van der Waals surface area contributed by atoms with Crippen molar-refractivity contribution < 1.29 is 19.7 Å². The summed E-state index contributed by atoms with van der Waals surface area (Å²) in [4.78, 5) is 0. The van der Waals surface area contributed by atoms with Crippen LogP contribution in [-0.4, -0.2) is 42.4 Å². The van der Waals surface area contributed by atoms with Gasteiger partial charge in [-0.25, -0.2) is 0 Å². The molecule has 0 aliphatic rings. The monoisotopic (exact) mass is 206 g/mol. The Labute approximate surface area is 85.8 Å². The third kappa shape index (κ3) is 7.26. The van der Waals surface area contributed by atoms with E-state index in [1.807, 2.05) is 13.8 Å². The first kappa shape index (κ1) is 13.8. The number of aliphatic hydroxyl groups is 2. The highest BCUT2D eigenvalue weighted by Gasteiger charge is 2.09. The first-order valence-corrected chi connectivity index (χ1v) is 5.26. The maximum atomic E-state index is 9.10. The van der Waals surface area contributed by atoms with Gasteiger partial charge in [0.2, 0.25) is 0 Å². The van der Waals surface area contributed by atoms with Gasteiger partial charge in [-0.3, -0.25) is 0 Å². The van der Waals surface area contributed by atoms with Crippen LogP contribution in [0.5, 0.6) is 0 Å². The summed E-state index contributed by atoms with van der Waals surface area (Å²) < 4.78 is 10.7. The predicted octanol–water partition coefficient (Wildman–Crippen LogP) is 0.909. The molecule has 0 aromatic carbocycles. The van der Waals surface area contributed by atoms with Crippen LogP contribution in [0.4, 0.5) is 0 Å². The minimum atomic E-state index is -0.612. The smallest absolute Gasteiger partial charge is 0.157 e. The molecule has 0 radical (unpaired) electrons. The maximum absolute atomic E-state index is 9.10. The predicted molar refractivity (Wildman–Crippen MR) is 54.0 cm³/mol. The minimum Gasteiger partial charge on any atom is -0.394 e.